The highest BCUT2D eigenvalue weighted by Gasteiger charge is 2.49. The SMILES string of the molecule is CCc1ncc(Cl)nc1C(CC)(C(=O)O)C(=O)O. The van der Waals surface area contributed by atoms with E-state index in [0.29, 0.717) is 12.1 Å². The fourth-order valence-corrected chi connectivity index (χ4v) is 1.89. The molecule has 0 fully saturated rings. The van der Waals surface area contributed by atoms with Crippen LogP contribution in [0.1, 0.15) is 31.7 Å². The minimum absolute atomic E-state index is 0.0254. The number of rotatable bonds is 5. The maximum Gasteiger partial charge on any atom is 0.327 e. The summed E-state index contributed by atoms with van der Waals surface area (Å²) in [6.45, 7) is 3.22. The van der Waals surface area contributed by atoms with E-state index in [4.69, 9.17) is 11.6 Å². The second kappa shape index (κ2) is 5.30. The Morgan fingerprint density at radius 3 is 2.28 bits per heavy atom. The first-order chi connectivity index (χ1) is 8.40. The Balaban J connectivity index is 3.61. The highest BCUT2D eigenvalue weighted by molar-refractivity contribution is 6.29. The number of hydrogen-bond acceptors (Lipinski definition) is 4. The molecule has 0 aliphatic heterocycles. The first-order valence-electron chi connectivity index (χ1n) is 5.38. The zero-order chi connectivity index (χ0) is 13.9. The molecule has 2 N–H and O–H groups in total. The van der Waals surface area contributed by atoms with Gasteiger partial charge in [-0.1, -0.05) is 25.4 Å². The third-order valence-corrected chi connectivity index (χ3v) is 3.00. The van der Waals surface area contributed by atoms with Crippen LogP contribution in [0.3, 0.4) is 0 Å². The molecule has 0 spiro atoms. The molecule has 0 bridgehead atoms. The lowest BCUT2D eigenvalue weighted by Gasteiger charge is -2.24. The van der Waals surface area contributed by atoms with Crippen LogP contribution in [0.4, 0.5) is 0 Å². The van der Waals surface area contributed by atoms with Gasteiger partial charge < -0.3 is 10.2 Å². The van der Waals surface area contributed by atoms with Crippen LogP contribution in [0.2, 0.25) is 5.15 Å². The fraction of sp³-hybridized carbons (Fsp3) is 0.455. The van der Waals surface area contributed by atoms with Gasteiger partial charge in [0.15, 0.2) is 0 Å². The van der Waals surface area contributed by atoms with E-state index in [-0.39, 0.29) is 17.3 Å². The summed E-state index contributed by atoms with van der Waals surface area (Å²) in [7, 11) is 0. The van der Waals surface area contributed by atoms with E-state index < -0.39 is 17.4 Å². The number of aryl methyl sites for hydroxylation is 1. The van der Waals surface area contributed by atoms with Gasteiger partial charge >= 0.3 is 11.9 Å². The summed E-state index contributed by atoms with van der Waals surface area (Å²) in [4.78, 5) is 30.6. The molecule has 1 aromatic heterocycles. The number of nitrogens with zero attached hydrogens (tertiary/aromatic N) is 2. The van der Waals surface area contributed by atoms with E-state index in [1.54, 1.807) is 6.92 Å². The Hall–Kier alpha value is -1.69. The van der Waals surface area contributed by atoms with E-state index in [0.717, 1.165) is 0 Å². The second-order valence-electron chi connectivity index (χ2n) is 3.71. The van der Waals surface area contributed by atoms with E-state index in [1.807, 2.05) is 0 Å². The summed E-state index contributed by atoms with van der Waals surface area (Å²) in [5, 5.41) is 18.5. The molecule has 98 valence electrons. The van der Waals surface area contributed by atoms with Gasteiger partial charge in [0, 0.05) is 0 Å². The van der Waals surface area contributed by atoms with Gasteiger partial charge in [0.05, 0.1) is 17.6 Å². The molecule has 18 heavy (non-hydrogen) atoms. The van der Waals surface area contributed by atoms with E-state index in [2.05, 4.69) is 9.97 Å². The number of carbonyl (C=O) groups is 2. The standard InChI is InChI=1S/C11H13ClN2O4/c1-3-6-8(14-7(12)5-13-6)11(4-2,9(15)16)10(17)18/h5H,3-4H2,1-2H3,(H,15,16)(H,17,18). The maximum absolute atomic E-state index is 11.4. The molecule has 0 saturated heterocycles. The van der Waals surface area contributed by atoms with E-state index >= 15 is 0 Å². The number of aromatic nitrogens is 2. The number of halogens is 1. The smallest absolute Gasteiger partial charge is 0.327 e. The molecule has 1 heterocycles. The lowest BCUT2D eigenvalue weighted by Crippen LogP contribution is -2.45. The summed E-state index contributed by atoms with van der Waals surface area (Å²) >= 11 is 5.69. The molecule has 0 unspecified atom stereocenters. The molecule has 6 nitrogen and oxygen atoms in total. The molecule has 0 amide bonds. The zero-order valence-electron chi connectivity index (χ0n) is 9.97. The van der Waals surface area contributed by atoms with Crippen LogP contribution in [0.5, 0.6) is 0 Å². The van der Waals surface area contributed by atoms with Crippen LogP contribution in [-0.4, -0.2) is 32.1 Å². The van der Waals surface area contributed by atoms with Gasteiger partial charge in [0.25, 0.3) is 0 Å². The van der Waals surface area contributed by atoms with Gasteiger partial charge in [-0.3, -0.25) is 14.6 Å². The number of hydrogen-bond donors (Lipinski definition) is 2. The van der Waals surface area contributed by atoms with Gasteiger partial charge in [0.1, 0.15) is 5.15 Å². The van der Waals surface area contributed by atoms with Crippen LogP contribution < -0.4 is 0 Å². The second-order valence-corrected chi connectivity index (χ2v) is 4.10. The average Bonchev–Trinajstić information content (AvgIpc) is 2.30. The Bertz CT molecular complexity index is 476. The van der Waals surface area contributed by atoms with E-state index in [1.165, 1.54) is 13.1 Å². The monoisotopic (exact) mass is 272 g/mol. The summed E-state index contributed by atoms with van der Waals surface area (Å²) in [6, 6.07) is 0. The summed E-state index contributed by atoms with van der Waals surface area (Å²) in [5.41, 5.74) is -1.88. The molecule has 0 aliphatic carbocycles. The quantitative estimate of drug-likeness (QED) is 0.788. The van der Waals surface area contributed by atoms with Crippen LogP contribution in [0, 0.1) is 0 Å². The van der Waals surface area contributed by atoms with Gasteiger partial charge in [-0.15, -0.1) is 0 Å². The molecule has 0 radical (unpaired) electrons. The summed E-state index contributed by atoms with van der Waals surface area (Å²) < 4.78 is 0. The van der Waals surface area contributed by atoms with Gasteiger partial charge in [0.2, 0.25) is 5.41 Å². The highest BCUT2D eigenvalue weighted by atomic mass is 35.5. The molecule has 0 saturated carbocycles. The van der Waals surface area contributed by atoms with Crippen molar-refractivity contribution in [1.82, 2.24) is 9.97 Å². The van der Waals surface area contributed by atoms with Crippen molar-refractivity contribution in [3.8, 4) is 0 Å². The number of aliphatic carboxylic acids is 2. The predicted molar refractivity (Wildman–Crippen MR) is 63.7 cm³/mol. The van der Waals surface area contributed by atoms with Crippen molar-refractivity contribution in [2.75, 3.05) is 0 Å². The first kappa shape index (κ1) is 14.4. The van der Waals surface area contributed by atoms with Crippen molar-refractivity contribution in [3.63, 3.8) is 0 Å². The Kier molecular flexibility index (Phi) is 4.24. The van der Waals surface area contributed by atoms with Gasteiger partial charge in [-0.25, -0.2) is 4.98 Å². The normalized spacial score (nSPS) is 11.3. The fourth-order valence-electron chi connectivity index (χ4n) is 1.76. The highest BCUT2D eigenvalue weighted by Crippen LogP contribution is 2.30. The van der Waals surface area contributed by atoms with Crippen LogP contribution in [0.25, 0.3) is 0 Å². The summed E-state index contributed by atoms with van der Waals surface area (Å²) in [5.74, 6) is -2.94. The zero-order valence-corrected chi connectivity index (χ0v) is 10.7. The third-order valence-electron chi connectivity index (χ3n) is 2.82. The third kappa shape index (κ3) is 2.15. The topological polar surface area (TPSA) is 100 Å². The van der Waals surface area contributed by atoms with Crippen LogP contribution in [-0.2, 0) is 21.4 Å². The van der Waals surface area contributed by atoms with Gasteiger partial charge in [-0.05, 0) is 12.8 Å². The van der Waals surface area contributed by atoms with Crippen LogP contribution in [0.15, 0.2) is 6.20 Å². The maximum atomic E-state index is 11.4. The van der Waals surface area contributed by atoms with Crippen LogP contribution >= 0.6 is 11.6 Å². The Morgan fingerprint density at radius 1 is 1.33 bits per heavy atom. The molecule has 0 atom stereocenters. The number of carboxylic acids is 2. The lowest BCUT2D eigenvalue weighted by molar-refractivity contribution is -0.158. The molecular formula is C11H13ClN2O4. The first-order valence-corrected chi connectivity index (χ1v) is 5.76. The lowest BCUT2D eigenvalue weighted by atomic mass is 9.80. The van der Waals surface area contributed by atoms with Crippen molar-refractivity contribution in [1.29, 1.82) is 0 Å². The Labute approximate surface area is 109 Å². The van der Waals surface area contributed by atoms with Gasteiger partial charge in [-0.2, -0.15) is 0 Å². The molecule has 0 aromatic carbocycles. The minimum atomic E-state index is -2.11. The predicted octanol–water partition coefficient (Wildman–Crippen LogP) is 1.51. The molecule has 0 aliphatic rings. The van der Waals surface area contributed by atoms with Crippen molar-refractivity contribution >= 4 is 23.5 Å². The van der Waals surface area contributed by atoms with Crippen molar-refractivity contribution in [2.24, 2.45) is 0 Å². The van der Waals surface area contributed by atoms with Crippen molar-refractivity contribution in [2.45, 2.75) is 32.1 Å². The van der Waals surface area contributed by atoms with Crippen molar-refractivity contribution in [3.05, 3.63) is 22.7 Å². The Morgan fingerprint density at radius 2 is 1.89 bits per heavy atom. The molecule has 1 aromatic rings. The number of carboxylic acid groups (broad SMARTS) is 2. The van der Waals surface area contributed by atoms with E-state index in [9.17, 15) is 19.8 Å². The minimum Gasteiger partial charge on any atom is -0.480 e. The summed E-state index contributed by atoms with van der Waals surface area (Å²) in [6.07, 6.45) is 1.51. The van der Waals surface area contributed by atoms with Crippen molar-refractivity contribution < 1.29 is 19.8 Å². The largest absolute Gasteiger partial charge is 0.480 e. The molecular weight excluding hydrogens is 260 g/mol. The molecule has 1 rings (SSSR count). The average molecular weight is 273 g/mol. The molecule has 7 heteroatoms.